The minimum atomic E-state index is 1.02. The molecule has 2 atom stereocenters. The van der Waals surface area contributed by atoms with Gasteiger partial charge in [-0.15, -0.1) is 0 Å². The minimum Gasteiger partial charge on any atom is -0.0654 e. The molecule has 2 unspecified atom stereocenters. The van der Waals surface area contributed by atoms with Crippen LogP contribution in [0.3, 0.4) is 0 Å². The van der Waals surface area contributed by atoms with Crippen molar-refractivity contribution in [2.24, 2.45) is 11.8 Å². The number of hydrogen-bond donors (Lipinski definition) is 0. The Morgan fingerprint density at radius 3 is 1.45 bits per heavy atom. The third kappa shape index (κ3) is 13.6. The lowest BCUT2D eigenvalue weighted by Gasteiger charge is -2.24. The van der Waals surface area contributed by atoms with E-state index >= 15 is 0 Å². The Balaban J connectivity index is 4.11. The molecule has 0 heteroatoms. The van der Waals surface area contributed by atoms with E-state index in [0.29, 0.717) is 0 Å². The summed E-state index contributed by atoms with van der Waals surface area (Å²) < 4.78 is 0. The predicted octanol–water partition coefficient (Wildman–Crippen LogP) is 8.54. The van der Waals surface area contributed by atoms with E-state index in [0.717, 1.165) is 11.8 Å². The van der Waals surface area contributed by atoms with E-state index in [9.17, 15) is 0 Å². The molecule has 0 bridgehead atoms. The summed E-state index contributed by atoms with van der Waals surface area (Å²) in [5, 5.41) is 0. The average Bonchev–Trinajstić information content (AvgIpc) is 2.52. The van der Waals surface area contributed by atoms with E-state index < -0.39 is 0 Å². The number of rotatable bonds is 17. The maximum atomic E-state index is 2.38. The van der Waals surface area contributed by atoms with Crippen molar-refractivity contribution in [3.05, 3.63) is 0 Å². The van der Waals surface area contributed by atoms with Crippen LogP contribution in [0.25, 0.3) is 0 Å². The quantitative estimate of drug-likeness (QED) is 0.236. The first kappa shape index (κ1) is 22.0. The van der Waals surface area contributed by atoms with Crippen molar-refractivity contribution in [2.75, 3.05) is 0 Å². The molecule has 0 amide bonds. The van der Waals surface area contributed by atoms with E-state index in [1.807, 2.05) is 0 Å². The average molecular weight is 311 g/mol. The Bertz CT molecular complexity index is 196. The topological polar surface area (TPSA) is 0 Å². The van der Waals surface area contributed by atoms with Crippen molar-refractivity contribution in [1.29, 1.82) is 0 Å². The molecular weight excluding hydrogens is 264 g/mol. The Hall–Kier alpha value is 0. The zero-order valence-electron chi connectivity index (χ0n) is 16.5. The molecule has 0 heterocycles. The van der Waals surface area contributed by atoms with Gasteiger partial charge in [0.1, 0.15) is 0 Å². The van der Waals surface area contributed by atoms with Gasteiger partial charge in [-0.25, -0.2) is 0 Å². The van der Waals surface area contributed by atoms with Gasteiger partial charge in [-0.3, -0.25) is 0 Å². The lowest BCUT2D eigenvalue weighted by molar-refractivity contribution is 0.289. The second kappa shape index (κ2) is 17.4. The van der Waals surface area contributed by atoms with Crippen molar-refractivity contribution in [2.45, 2.75) is 130 Å². The summed E-state index contributed by atoms with van der Waals surface area (Å²) in [6, 6.07) is 0. The molecular formula is C22H46. The van der Waals surface area contributed by atoms with Crippen LogP contribution in [0.2, 0.25) is 0 Å². The highest BCUT2D eigenvalue weighted by atomic mass is 14.2. The molecule has 134 valence electrons. The summed E-state index contributed by atoms with van der Waals surface area (Å²) in [6.07, 6.45) is 23.2. The number of hydrogen-bond acceptors (Lipinski definition) is 0. The van der Waals surface area contributed by atoms with E-state index in [-0.39, 0.29) is 0 Å². The minimum absolute atomic E-state index is 1.02. The van der Waals surface area contributed by atoms with Gasteiger partial charge in [0.05, 0.1) is 0 Å². The lowest BCUT2D eigenvalue weighted by Crippen LogP contribution is -2.10. The van der Waals surface area contributed by atoms with Crippen LogP contribution in [0.4, 0.5) is 0 Å². The zero-order valence-corrected chi connectivity index (χ0v) is 16.5. The van der Waals surface area contributed by atoms with Gasteiger partial charge in [0.15, 0.2) is 0 Å². The van der Waals surface area contributed by atoms with Crippen molar-refractivity contribution < 1.29 is 0 Å². The van der Waals surface area contributed by atoms with Crippen LogP contribution in [0.15, 0.2) is 0 Å². The molecule has 0 aromatic carbocycles. The van der Waals surface area contributed by atoms with Gasteiger partial charge >= 0.3 is 0 Å². The lowest BCUT2D eigenvalue weighted by atomic mass is 9.82. The first-order chi connectivity index (χ1) is 10.8. The van der Waals surface area contributed by atoms with Crippen LogP contribution >= 0.6 is 0 Å². The van der Waals surface area contributed by atoms with Crippen molar-refractivity contribution in [3.63, 3.8) is 0 Å². The smallest absolute Gasteiger partial charge is 0.0412 e. The highest BCUT2D eigenvalue weighted by Crippen LogP contribution is 2.29. The highest BCUT2D eigenvalue weighted by Gasteiger charge is 2.15. The molecule has 0 aromatic rings. The molecule has 0 aromatic heterocycles. The second-order valence-corrected chi connectivity index (χ2v) is 7.60. The normalized spacial score (nSPS) is 14.2. The largest absolute Gasteiger partial charge is 0.0654 e. The Labute approximate surface area is 142 Å². The van der Waals surface area contributed by atoms with Gasteiger partial charge < -0.3 is 0 Å². The molecule has 0 fully saturated rings. The Morgan fingerprint density at radius 1 is 0.409 bits per heavy atom. The van der Waals surface area contributed by atoms with E-state index in [1.165, 1.54) is 103 Å². The fraction of sp³-hybridized carbons (Fsp3) is 1.00. The van der Waals surface area contributed by atoms with Crippen LogP contribution in [-0.4, -0.2) is 0 Å². The standard InChI is InChI=1S/C22H46/c1-5-9-12-13-15-19-21(16-8-4)20-22(17-11-7-3)18-14-10-6-2/h21-22H,5-20H2,1-4H3. The molecule has 0 spiro atoms. The third-order valence-electron chi connectivity index (χ3n) is 5.26. The molecule has 0 aliphatic heterocycles. The highest BCUT2D eigenvalue weighted by molar-refractivity contribution is 4.68. The molecule has 0 aliphatic rings. The number of unbranched alkanes of at least 4 members (excludes halogenated alkanes) is 7. The predicted molar refractivity (Wildman–Crippen MR) is 104 cm³/mol. The van der Waals surface area contributed by atoms with Gasteiger partial charge in [0.25, 0.3) is 0 Å². The fourth-order valence-electron chi connectivity index (χ4n) is 3.85. The molecule has 0 radical (unpaired) electrons. The second-order valence-electron chi connectivity index (χ2n) is 7.60. The van der Waals surface area contributed by atoms with Crippen LogP contribution in [0, 0.1) is 11.8 Å². The van der Waals surface area contributed by atoms with Crippen LogP contribution in [-0.2, 0) is 0 Å². The van der Waals surface area contributed by atoms with Gasteiger partial charge in [0, 0.05) is 0 Å². The van der Waals surface area contributed by atoms with Crippen molar-refractivity contribution in [3.8, 4) is 0 Å². The maximum Gasteiger partial charge on any atom is -0.0412 e. The zero-order chi connectivity index (χ0) is 16.5. The SMILES string of the molecule is CCCCCCCC(CCC)CC(CCCC)CCCCC. The summed E-state index contributed by atoms with van der Waals surface area (Å²) in [5.41, 5.74) is 0. The van der Waals surface area contributed by atoms with Gasteiger partial charge in [-0.2, -0.15) is 0 Å². The van der Waals surface area contributed by atoms with Crippen molar-refractivity contribution in [1.82, 2.24) is 0 Å². The van der Waals surface area contributed by atoms with Gasteiger partial charge in [-0.05, 0) is 18.3 Å². The molecule has 0 saturated heterocycles. The Morgan fingerprint density at radius 2 is 0.864 bits per heavy atom. The van der Waals surface area contributed by atoms with Gasteiger partial charge in [0.2, 0.25) is 0 Å². The summed E-state index contributed by atoms with van der Waals surface area (Å²) in [7, 11) is 0. The first-order valence-corrected chi connectivity index (χ1v) is 10.8. The monoisotopic (exact) mass is 310 g/mol. The Kier molecular flexibility index (Phi) is 17.4. The molecule has 0 saturated carbocycles. The summed E-state index contributed by atoms with van der Waals surface area (Å²) >= 11 is 0. The van der Waals surface area contributed by atoms with E-state index in [4.69, 9.17) is 0 Å². The van der Waals surface area contributed by atoms with E-state index in [1.54, 1.807) is 0 Å². The maximum absolute atomic E-state index is 2.38. The van der Waals surface area contributed by atoms with Crippen LogP contribution in [0.1, 0.15) is 130 Å². The molecule has 0 aliphatic carbocycles. The van der Waals surface area contributed by atoms with E-state index in [2.05, 4.69) is 27.7 Å². The summed E-state index contributed by atoms with van der Waals surface area (Å²) in [5.74, 6) is 2.05. The molecule has 22 heavy (non-hydrogen) atoms. The van der Waals surface area contributed by atoms with Gasteiger partial charge in [-0.1, -0.05) is 124 Å². The van der Waals surface area contributed by atoms with Crippen LogP contribution < -0.4 is 0 Å². The molecule has 0 N–H and O–H groups in total. The first-order valence-electron chi connectivity index (χ1n) is 10.8. The summed E-state index contributed by atoms with van der Waals surface area (Å²) in [6.45, 7) is 9.37. The molecule has 0 nitrogen and oxygen atoms in total. The summed E-state index contributed by atoms with van der Waals surface area (Å²) in [4.78, 5) is 0. The molecule has 0 rings (SSSR count). The van der Waals surface area contributed by atoms with Crippen molar-refractivity contribution >= 4 is 0 Å². The third-order valence-corrected chi connectivity index (χ3v) is 5.26. The fourth-order valence-corrected chi connectivity index (χ4v) is 3.85. The van der Waals surface area contributed by atoms with Crippen LogP contribution in [0.5, 0.6) is 0 Å².